The van der Waals surface area contributed by atoms with Crippen molar-refractivity contribution in [2.45, 2.75) is 47.8 Å². The zero-order chi connectivity index (χ0) is 22.6. The Morgan fingerprint density at radius 3 is 2.35 bits per heavy atom. The summed E-state index contributed by atoms with van der Waals surface area (Å²) in [5.74, 6) is -0.570. The van der Waals surface area contributed by atoms with Gasteiger partial charge in [0.15, 0.2) is 9.84 Å². The van der Waals surface area contributed by atoms with Crippen LogP contribution in [0.1, 0.15) is 43.6 Å². The van der Waals surface area contributed by atoms with Gasteiger partial charge in [0.2, 0.25) is 0 Å². The maximum absolute atomic E-state index is 12.5. The number of nitro benzene ring substituents is 1. The van der Waals surface area contributed by atoms with Crippen molar-refractivity contribution >= 4 is 32.3 Å². The molecule has 3 rings (SSSR count). The van der Waals surface area contributed by atoms with Crippen LogP contribution in [-0.2, 0) is 25.4 Å². The van der Waals surface area contributed by atoms with E-state index in [-0.39, 0.29) is 9.79 Å². The summed E-state index contributed by atoms with van der Waals surface area (Å²) < 4.78 is 41.0. The Bertz CT molecular complexity index is 1110. The lowest BCUT2D eigenvalue weighted by atomic mass is 9.84. The normalized spacial score (nSPS) is 15.9. The molecule has 0 amide bonds. The highest BCUT2D eigenvalue weighted by molar-refractivity contribution is 7.90. The molecule has 0 N–H and O–H groups in total. The lowest BCUT2D eigenvalue weighted by Crippen LogP contribution is -2.18. The van der Waals surface area contributed by atoms with Crippen LogP contribution in [0.5, 0.6) is 5.75 Å². The van der Waals surface area contributed by atoms with E-state index in [0.29, 0.717) is 11.7 Å². The zero-order valence-electron chi connectivity index (χ0n) is 17.0. The average molecular weight is 466 g/mol. The SMILES string of the molecule is CS(=O)(=O)c1ccc(S(=O)CC(=O)Oc2ccc(C3CCCCC3)cc2)c([N+](=O)[O-])c1. The van der Waals surface area contributed by atoms with Gasteiger partial charge in [-0.15, -0.1) is 0 Å². The van der Waals surface area contributed by atoms with Crippen molar-refractivity contribution in [3.05, 3.63) is 58.1 Å². The van der Waals surface area contributed by atoms with Gasteiger partial charge >= 0.3 is 5.97 Å². The van der Waals surface area contributed by atoms with Crippen LogP contribution in [0.3, 0.4) is 0 Å². The molecule has 10 heteroatoms. The quantitative estimate of drug-likeness (QED) is 0.264. The molecular weight excluding hydrogens is 442 g/mol. The molecule has 0 radical (unpaired) electrons. The predicted molar refractivity (Wildman–Crippen MR) is 115 cm³/mol. The second kappa shape index (κ2) is 9.69. The molecule has 1 fully saturated rings. The molecule has 1 saturated carbocycles. The van der Waals surface area contributed by atoms with Crippen LogP contribution in [0.4, 0.5) is 5.69 Å². The topological polar surface area (TPSA) is 121 Å². The average Bonchev–Trinajstić information content (AvgIpc) is 2.73. The number of carbonyl (C=O) groups excluding carboxylic acids is 1. The molecule has 166 valence electrons. The fourth-order valence-corrected chi connectivity index (χ4v) is 5.31. The minimum absolute atomic E-state index is 0.234. The molecule has 0 saturated heterocycles. The number of rotatable bonds is 7. The van der Waals surface area contributed by atoms with Crippen molar-refractivity contribution in [2.24, 2.45) is 0 Å². The number of benzene rings is 2. The van der Waals surface area contributed by atoms with Crippen LogP contribution in [-0.4, -0.2) is 35.5 Å². The summed E-state index contributed by atoms with van der Waals surface area (Å²) in [6.45, 7) is 0. The van der Waals surface area contributed by atoms with Gasteiger partial charge in [-0.25, -0.2) is 8.42 Å². The largest absolute Gasteiger partial charge is 0.426 e. The summed E-state index contributed by atoms with van der Waals surface area (Å²) in [4.78, 5) is 22.2. The lowest BCUT2D eigenvalue weighted by Gasteiger charge is -2.22. The Morgan fingerprint density at radius 1 is 1.13 bits per heavy atom. The highest BCUT2D eigenvalue weighted by atomic mass is 32.2. The summed E-state index contributed by atoms with van der Waals surface area (Å²) in [5.41, 5.74) is 0.579. The predicted octanol–water partition coefficient (Wildman–Crippen LogP) is 3.76. The molecule has 1 atom stereocenters. The van der Waals surface area contributed by atoms with Crippen molar-refractivity contribution < 1.29 is 27.1 Å². The number of ether oxygens (including phenoxy) is 1. The second-order valence-corrected chi connectivity index (χ2v) is 11.0. The van der Waals surface area contributed by atoms with Crippen molar-refractivity contribution in [1.29, 1.82) is 0 Å². The van der Waals surface area contributed by atoms with Crippen molar-refractivity contribution in [3.8, 4) is 5.75 Å². The summed E-state index contributed by atoms with van der Waals surface area (Å²) >= 11 is 0. The van der Waals surface area contributed by atoms with E-state index in [0.717, 1.165) is 37.3 Å². The third kappa shape index (κ3) is 5.98. The molecule has 1 unspecified atom stereocenters. The minimum atomic E-state index is -3.67. The number of esters is 1. The van der Waals surface area contributed by atoms with Gasteiger partial charge in [0.1, 0.15) is 16.4 Å². The Balaban J connectivity index is 1.68. The third-order valence-corrected chi connectivity index (χ3v) is 7.68. The third-order valence-electron chi connectivity index (χ3n) is 5.24. The maximum Gasteiger partial charge on any atom is 0.324 e. The van der Waals surface area contributed by atoms with Crippen molar-refractivity contribution in [1.82, 2.24) is 0 Å². The monoisotopic (exact) mass is 465 g/mol. The maximum atomic E-state index is 12.5. The first-order valence-electron chi connectivity index (χ1n) is 9.82. The Kier molecular flexibility index (Phi) is 7.22. The van der Waals surface area contributed by atoms with Gasteiger partial charge in [-0.05, 0) is 48.6 Å². The van der Waals surface area contributed by atoms with Crippen LogP contribution >= 0.6 is 0 Å². The van der Waals surface area contributed by atoms with E-state index < -0.39 is 43.0 Å². The fourth-order valence-electron chi connectivity index (χ4n) is 3.65. The Morgan fingerprint density at radius 2 is 1.77 bits per heavy atom. The smallest absolute Gasteiger partial charge is 0.324 e. The summed E-state index contributed by atoms with van der Waals surface area (Å²) in [5, 5.41) is 11.3. The van der Waals surface area contributed by atoms with Gasteiger partial charge in [-0.2, -0.15) is 0 Å². The van der Waals surface area contributed by atoms with Gasteiger partial charge in [-0.3, -0.25) is 19.1 Å². The first-order valence-corrected chi connectivity index (χ1v) is 13.0. The van der Waals surface area contributed by atoms with Gasteiger partial charge in [-0.1, -0.05) is 31.4 Å². The van der Waals surface area contributed by atoms with E-state index in [2.05, 4.69) is 0 Å². The van der Waals surface area contributed by atoms with Crippen LogP contribution in [0.2, 0.25) is 0 Å². The van der Waals surface area contributed by atoms with Gasteiger partial charge in [0.25, 0.3) is 5.69 Å². The molecule has 1 aliphatic rings. The minimum Gasteiger partial charge on any atom is -0.426 e. The first-order chi connectivity index (χ1) is 14.6. The summed E-state index contributed by atoms with van der Waals surface area (Å²) in [6, 6.07) is 10.3. The molecule has 31 heavy (non-hydrogen) atoms. The number of hydrogen-bond donors (Lipinski definition) is 0. The molecular formula is C21H23NO7S2. The van der Waals surface area contributed by atoms with Crippen molar-refractivity contribution in [3.63, 3.8) is 0 Å². The molecule has 8 nitrogen and oxygen atoms in total. The number of carbonyl (C=O) groups is 1. The van der Waals surface area contributed by atoms with Gasteiger partial charge < -0.3 is 4.74 Å². The van der Waals surface area contributed by atoms with E-state index in [9.17, 15) is 27.5 Å². The van der Waals surface area contributed by atoms with E-state index in [1.807, 2.05) is 12.1 Å². The van der Waals surface area contributed by atoms with Crippen molar-refractivity contribution in [2.75, 3.05) is 12.0 Å². The van der Waals surface area contributed by atoms with Gasteiger partial charge in [0, 0.05) is 12.3 Å². The molecule has 1 aliphatic carbocycles. The Labute approximate surface area is 183 Å². The number of hydrogen-bond acceptors (Lipinski definition) is 7. The number of nitrogens with zero attached hydrogens (tertiary/aromatic N) is 1. The molecule has 2 aromatic rings. The number of sulfone groups is 1. The standard InChI is InChI=1S/C21H23NO7S2/c1-31(27,28)18-11-12-20(19(13-18)22(24)25)30(26)14-21(23)29-17-9-7-16(8-10-17)15-5-3-2-4-6-15/h7-13,15H,2-6,14H2,1H3. The van der Waals surface area contributed by atoms with E-state index >= 15 is 0 Å². The highest BCUT2D eigenvalue weighted by Crippen LogP contribution is 2.33. The van der Waals surface area contributed by atoms with Gasteiger partial charge in [0.05, 0.1) is 20.6 Å². The first kappa shape index (κ1) is 23.1. The molecule has 0 bridgehead atoms. The molecule has 0 aromatic heterocycles. The van der Waals surface area contributed by atoms with Crippen LogP contribution < -0.4 is 4.74 Å². The molecule has 2 aromatic carbocycles. The molecule has 0 spiro atoms. The van der Waals surface area contributed by atoms with E-state index in [4.69, 9.17) is 4.74 Å². The number of nitro groups is 1. The van der Waals surface area contributed by atoms with Crippen LogP contribution in [0.25, 0.3) is 0 Å². The summed E-state index contributed by atoms with van der Waals surface area (Å²) in [7, 11) is -5.75. The molecule has 0 aliphatic heterocycles. The van der Waals surface area contributed by atoms with E-state index in [1.54, 1.807) is 12.1 Å². The molecule has 0 heterocycles. The second-order valence-electron chi connectivity index (χ2n) is 7.53. The van der Waals surface area contributed by atoms with Crippen LogP contribution in [0.15, 0.2) is 52.3 Å². The summed E-state index contributed by atoms with van der Waals surface area (Å²) in [6.07, 6.45) is 6.90. The zero-order valence-corrected chi connectivity index (χ0v) is 18.6. The highest BCUT2D eigenvalue weighted by Gasteiger charge is 2.24. The van der Waals surface area contributed by atoms with Crippen LogP contribution in [0, 0.1) is 10.1 Å². The van der Waals surface area contributed by atoms with E-state index in [1.165, 1.54) is 24.8 Å². The fraction of sp³-hybridized carbons (Fsp3) is 0.381. The lowest BCUT2D eigenvalue weighted by molar-refractivity contribution is -0.388. The Hall–Kier alpha value is -2.59.